The number of piperidine rings is 1. The zero-order valence-electron chi connectivity index (χ0n) is 14.5. The first-order valence-corrected chi connectivity index (χ1v) is 8.65. The van der Waals surface area contributed by atoms with E-state index in [1.165, 1.54) is 12.1 Å². The molecule has 5 nitrogen and oxygen atoms in total. The van der Waals surface area contributed by atoms with Gasteiger partial charge in [-0.15, -0.1) is 0 Å². The molecule has 1 unspecified atom stereocenters. The molecular weight excluding hydrogens is 323 g/mol. The number of likely N-dealkylation sites (tertiary alicyclic amines) is 1. The van der Waals surface area contributed by atoms with Crippen molar-refractivity contribution in [3.8, 4) is 0 Å². The van der Waals surface area contributed by atoms with Crippen LogP contribution in [-0.4, -0.2) is 34.2 Å². The third kappa shape index (κ3) is 3.90. The summed E-state index contributed by atoms with van der Waals surface area (Å²) in [5.41, 5.74) is 1.05. The zero-order valence-corrected chi connectivity index (χ0v) is 14.5. The molecule has 0 aliphatic carbocycles. The topological polar surface area (TPSA) is 66.6 Å². The average molecular weight is 346 g/mol. The minimum Gasteiger partial charge on any atom is -0.388 e. The molecule has 1 aromatic carbocycles. The average Bonchev–Trinajstić information content (AvgIpc) is 3.12. The van der Waals surface area contributed by atoms with E-state index < -0.39 is 6.10 Å². The van der Waals surface area contributed by atoms with Gasteiger partial charge in [-0.2, -0.15) is 0 Å². The van der Waals surface area contributed by atoms with Gasteiger partial charge in [0.2, 0.25) is 0 Å². The molecule has 1 saturated heterocycles. The van der Waals surface area contributed by atoms with Crippen LogP contribution in [0.3, 0.4) is 0 Å². The molecule has 2 aromatic rings. The number of nitrogens with zero attached hydrogens (tertiary/aromatic N) is 2. The fraction of sp³-hybridized carbons (Fsp3) is 0.474. The summed E-state index contributed by atoms with van der Waals surface area (Å²) in [6.07, 6.45) is 0.746. The van der Waals surface area contributed by atoms with Gasteiger partial charge in [0.25, 0.3) is 5.91 Å². The number of aliphatic hydroxyl groups excluding tert-OH is 1. The van der Waals surface area contributed by atoms with Crippen LogP contribution in [0.15, 0.2) is 34.9 Å². The van der Waals surface area contributed by atoms with E-state index in [0.29, 0.717) is 42.9 Å². The van der Waals surface area contributed by atoms with E-state index in [0.717, 1.165) is 0 Å². The zero-order chi connectivity index (χ0) is 18.0. The molecule has 2 heterocycles. The lowest BCUT2D eigenvalue weighted by atomic mass is 9.87. The van der Waals surface area contributed by atoms with Crippen molar-refractivity contribution in [3.63, 3.8) is 0 Å². The van der Waals surface area contributed by atoms with Crippen molar-refractivity contribution in [2.75, 3.05) is 13.1 Å². The van der Waals surface area contributed by atoms with E-state index in [-0.39, 0.29) is 23.6 Å². The second-order valence-electron chi connectivity index (χ2n) is 6.90. The largest absolute Gasteiger partial charge is 0.388 e. The number of hydrogen-bond acceptors (Lipinski definition) is 4. The Kier molecular flexibility index (Phi) is 5.18. The number of aliphatic hydroxyl groups is 1. The van der Waals surface area contributed by atoms with Gasteiger partial charge < -0.3 is 14.5 Å². The Morgan fingerprint density at radius 1 is 1.28 bits per heavy atom. The number of aromatic nitrogens is 1. The summed E-state index contributed by atoms with van der Waals surface area (Å²) >= 11 is 0. The molecule has 1 aromatic heterocycles. The molecule has 1 atom stereocenters. The molecule has 25 heavy (non-hydrogen) atoms. The van der Waals surface area contributed by atoms with Crippen molar-refractivity contribution in [3.05, 3.63) is 53.2 Å². The summed E-state index contributed by atoms with van der Waals surface area (Å²) in [4.78, 5) is 14.3. The van der Waals surface area contributed by atoms with Crippen LogP contribution in [-0.2, 0) is 0 Å². The summed E-state index contributed by atoms with van der Waals surface area (Å²) in [6, 6.07) is 7.63. The third-order valence-corrected chi connectivity index (χ3v) is 4.80. The minimum absolute atomic E-state index is 0.0537. The highest BCUT2D eigenvalue weighted by atomic mass is 19.1. The van der Waals surface area contributed by atoms with Gasteiger partial charge in [0.05, 0.1) is 6.10 Å². The molecule has 6 heteroatoms. The van der Waals surface area contributed by atoms with Crippen LogP contribution in [0.5, 0.6) is 0 Å². The molecule has 3 rings (SSSR count). The van der Waals surface area contributed by atoms with Crippen LogP contribution >= 0.6 is 0 Å². The molecule has 0 spiro atoms. The first-order valence-electron chi connectivity index (χ1n) is 8.65. The normalized spacial score (nSPS) is 17.1. The molecule has 1 aliphatic heterocycles. The van der Waals surface area contributed by atoms with Crippen molar-refractivity contribution < 1.29 is 18.8 Å². The predicted molar refractivity (Wildman–Crippen MR) is 90.6 cm³/mol. The van der Waals surface area contributed by atoms with Crippen molar-refractivity contribution in [1.29, 1.82) is 0 Å². The Morgan fingerprint density at radius 2 is 1.92 bits per heavy atom. The first kappa shape index (κ1) is 17.6. The minimum atomic E-state index is -0.641. The van der Waals surface area contributed by atoms with Gasteiger partial charge in [-0.1, -0.05) is 31.1 Å². The van der Waals surface area contributed by atoms with E-state index in [1.807, 2.05) is 13.8 Å². The van der Waals surface area contributed by atoms with Gasteiger partial charge in [-0.25, -0.2) is 4.39 Å². The van der Waals surface area contributed by atoms with E-state index in [4.69, 9.17) is 4.52 Å². The first-order chi connectivity index (χ1) is 12.0. The van der Waals surface area contributed by atoms with E-state index in [9.17, 15) is 14.3 Å². The predicted octanol–water partition coefficient (Wildman–Crippen LogP) is 3.52. The molecule has 134 valence electrons. The number of carbonyl (C=O) groups is 1. The van der Waals surface area contributed by atoms with E-state index in [2.05, 4.69) is 5.16 Å². The Bertz CT molecular complexity index is 719. The second kappa shape index (κ2) is 7.35. The monoisotopic (exact) mass is 346 g/mol. The Morgan fingerprint density at radius 3 is 2.48 bits per heavy atom. The lowest BCUT2D eigenvalue weighted by Crippen LogP contribution is -2.39. The van der Waals surface area contributed by atoms with Gasteiger partial charge in [-0.3, -0.25) is 4.79 Å². The highest BCUT2D eigenvalue weighted by Crippen LogP contribution is 2.31. The fourth-order valence-corrected chi connectivity index (χ4v) is 3.17. The summed E-state index contributed by atoms with van der Waals surface area (Å²) in [7, 11) is 0. The van der Waals surface area contributed by atoms with Gasteiger partial charge in [0.1, 0.15) is 11.6 Å². The van der Waals surface area contributed by atoms with Crippen LogP contribution in [0.1, 0.15) is 60.5 Å². The van der Waals surface area contributed by atoms with Gasteiger partial charge in [-0.05, 0) is 36.5 Å². The molecule has 1 aliphatic rings. The number of rotatable bonds is 4. The second-order valence-corrected chi connectivity index (χ2v) is 6.90. The van der Waals surface area contributed by atoms with Crippen LogP contribution in [0.25, 0.3) is 0 Å². The summed E-state index contributed by atoms with van der Waals surface area (Å²) in [6.45, 7) is 5.09. The van der Waals surface area contributed by atoms with Crippen LogP contribution in [0.4, 0.5) is 4.39 Å². The number of hydrogen-bond donors (Lipinski definition) is 1. The van der Waals surface area contributed by atoms with E-state index >= 15 is 0 Å². The van der Waals surface area contributed by atoms with Crippen molar-refractivity contribution in [2.45, 2.75) is 38.7 Å². The molecule has 0 saturated carbocycles. The number of halogens is 1. The Balaban J connectivity index is 1.59. The van der Waals surface area contributed by atoms with Crippen LogP contribution in [0.2, 0.25) is 0 Å². The van der Waals surface area contributed by atoms with Gasteiger partial charge >= 0.3 is 0 Å². The highest BCUT2D eigenvalue weighted by molar-refractivity contribution is 5.92. The maximum atomic E-state index is 13.0. The van der Waals surface area contributed by atoms with E-state index in [1.54, 1.807) is 23.1 Å². The Labute approximate surface area is 146 Å². The smallest absolute Gasteiger partial charge is 0.276 e. The summed E-state index contributed by atoms with van der Waals surface area (Å²) < 4.78 is 18.2. The van der Waals surface area contributed by atoms with Gasteiger partial charge in [0.15, 0.2) is 5.69 Å². The van der Waals surface area contributed by atoms with Crippen molar-refractivity contribution >= 4 is 5.91 Å². The summed E-state index contributed by atoms with van der Waals surface area (Å²) in [5, 5.41) is 14.4. The molecular formula is C19H23FN2O3. The van der Waals surface area contributed by atoms with Gasteiger partial charge in [0, 0.05) is 25.1 Å². The number of amides is 1. The standard InChI is InChI=1S/C19H23FN2O3/c1-12(2)17-11-16(21-25-17)19(24)22-9-7-14(8-10-22)18(23)13-3-5-15(20)6-4-13/h3-6,11-12,14,18,23H,7-10H2,1-2H3. The van der Waals surface area contributed by atoms with Crippen molar-refractivity contribution in [2.24, 2.45) is 5.92 Å². The lowest BCUT2D eigenvalue weighted by molar-refractivity contribution is 0.0455. The lowest BCUT2D eigenvalue weighted by Gasteiger charge is -2.34. The molecule has 1 amide bonds. The molecule has 0 radical (unpaired) electrons. The van der Waals surface area contributed by atoms with Crippen LogP contribution < -0.4 is 0 Å². The third-order valence-electron chi connectivity index (χ3n) is 4.80. The maximum absolute atomic E-state index is 13.0. The van der Waals surface area contributed by atoms with Crippen molar-refractivity contribution in [1.82, 2.24) is 10.1 Å². The maximum Gasteiger partial charge on any atom is 0.276 e. The Hall–Kier alpha value is -2.21. The SMILES string of the molecule is CC(C)c1cc(C(=O)N2CCC(C(O)c3ccc(F)cc3)CC2)no1. The van der Waals surface area contributed by atoms with Crippen LogP contribution in [0, 0.1) is 11.7 Å². The summed E-state index contributed by atoms with van der Waals surface area (Å²) in [5.74, 6) is 0.490. The molecule has 1 N–H and O–H groups in total. The highest BCUT2D eigenvalue weighted by Gasteiger charge is 2.30. The number of benzene rings is 1. The molecule has 0 bridgehead atoms. The molecule has 1 fully saturated rings. The number of carbonyl (C=O) groups excluding carboxylic acids is 1. The fourth-order valence-electron chi connectivity index (χ4n) is 3.17. The quantitative estimate of drug-likeness (QED) is 0.920.